The summed E-state index contributed by atoms with van der Waals surface area (Å²) in [6.07, 6.45) is 0. The number of hydrogen-bond donors (Lipinski definition) is 2. The minimum atomic E-state index is 0. The van der Waals surface area contributed by atoms with Crippen molar-refractivity contribution in [2.45, 2.75) is 13.5 Å². The van der Waals surface area contributed by atoms with Crippen molar-refractivity contribution in [3.05, 3.63) is 54.3 Å². The molecule has 2 N–H and O–H groups in total. The summed E-state index contributed by atoms with van der Waals surface area (Å²) in [7, 11) is 3.23. The quantitative estimate of drug-likeness (QED) is 0.305. The third-order valence-corrected chi connectivity index (χ3v) is 3.86. The van der Waals surface area contributed by atoms with Crippen molar-refractivity contribution in [2.24, 2.45) is 4.99 Å². The maximum atomic E-state index is 5.81. The maximum Gasteiger partial charge on any atom is 0.196 e. The Bertz CT molecular complexity index is 875. The van der Waals surface area contributed by atoms with Crippen LogP contribution < -0.4 is 20.1 Å². The molecule has 1 aromatic heterocycles. The summed E-state index contributed by atoms with van der Waals surface area (Å²) in [5, 5.41) is 7.58. The Morgan fingerprint density at radius 2 is 1.81 bits per heavy atom. The van der Waals surface area contributed by atoms with Gasteiger partial charge in [0.25, 0.3) is 0 Å². The van der Waals surface area contributed by atoms with Crippen molar-refractivity contribution in [1.82, 2.24) is 5.32 Å². The predicted octanol–water partition coefficient (Wildman–Crippen LogP) is 4.65. The largest absolute Gasteiger partial charge is 0.493 e. The first-order chi connectivity index (χ1) is 12.7. The van der Waals surface area contributed by atoms with E-state index in [-0.39, 0.29) is 24.0 Å². The highest BCUT2D eigenvalue weighted by Crippen LogP contribution is 2.29. The van der Waals surface area contributed by atoms with Crippen molar-refractivity contribution in [3.8, 4) is 11.5 Å². The molecular weight excluding hydrogens is 457 g/mol. The number of nitrogens with one attached hydrogen (secondary N) is 2. The molecule has 0 saturated carbocycles. The van der Waals surface area contributed by atoms with Crippen LogP contribution in [0.4, 0.5) is 5.69 Å². The molecule has 0 spiro atoms. The van der Waals surface area contributed by atoms with Gasteiger partial charge < -0.3 is 24.5 Å². The third-order valence-electron chi connectivity index (χ3n) is 3.86. The molecule has 6 nitrogen and oxygen atoms in total. The molecule has 3 rings (SSSR count). The fourth-order valence-electron chi connectivity index (χ4n) is 2.63. The van der Waals surface area contributed by atoms with Crippen LogP contribution in [0.1, 0.15) is 12.7 Å². The predicted molar refractivity (Wildman–Crippen MR) is 120 cm³/mol. The normalized spacial score (nSPS) is 11.0. The number of para-hydroxylation sites is 1. The number of nitrogens with zero attached hydrogens (tertiary/aromatic N) is 1. The number of anilines is 1. The van der Waals surface area contributed by atoms with E-state index in [1.54, 1.807) is 14.2 Å². The van der Waals surface area contributed by atoms with E-state index in [0.717, 1.165) is 29.0 Å². The van der Waals surface area contributed by atoms with E-state index in [2.05, 4.69) is 15.6 Å². The Morgan fingerprint density at radius 1 is 1.04 bits per heavy atom. The van der Waals surface area contributed by atoms with Crippen LogP contribution in [0.2, 0.25) is 0 Å². The monoisotopic (exact) mass is 481 g/mol. The fraction of sp³-hybridized carbons (Fsp3) is 0.250. The molecule has 0 atom stereocenters. The Morgan fingerprint density at radius 3 is 2.52 bits per heavy atom. The summed E-state index contributed by atoms with van der Waals surface area (Å²) in [5.74, 6) is 2.82. The maximum absolute atomic E-state index is 5.81. The SMILES string of the molecule is CCNC(=NCc1cc2ccccc2o1)Nc1ccc(OC)c(OC)c1.I. The number of ether oxygens (including phenoxy) is 2. The molecule has 0 amide bonds. The van der Waals surface area contributed by atoms with Gasteiger partial charge >= 0.3 is 0 Å². The summed E-state index contributed by atoms with van der Waals surface area (Å²) in [5.41, 5.74) is 1.72. The van der Waals surface area contributed by atoms with Crippen LogP contribution in [-0.4, -0.2) is 26.7 Å². The second-order valence-electron chi connectivity index (χ2n) is 5.64. The highest BCUT2D eigenvalue weighted by molar-refractivity contribution is 14.0. The van der Waals surface area contributed by atoms with Crippen molar-refractivity contribution < 1.29 is 13.9 Å². The van der Waals surface area contributed by atoms with Crippen LogP contribution >= 0.6 is 24.0 Å². The third kappa shape index (κ3) is 5.29. The Balaban J connectivity index is 0.00000261. The van der Waals surface area contributed by atoms with Crippen LogP contribution in [-0.2, 0) is 6.54 Å². The minimum absolute atomic E-state index is 0. The summed E-state index contributed by atoms with van der Waals surface area (Å²) in [4.78, 5) is 4.60. The molecule has 0 saturated heterocycles. The van der Waals surface area contributed by atoms with E-state index >= 15 is 0 Å². The Labute approximate surface area is 176 Å². The second kappa shape index (κ2) is 10.1. The summed E-state index contributed by atoms with van der Waals surface area (Å²) in [6, 6.07) is 15.6. The lowest BCUT2D eigenvalue weighted by molar-refractivity contribution is 0.355. The molecule has 2 aromatic carbocycles. The van der Waals surface area contributed by atoms with Crippen LogP contribution in [0, 0.1) is 0 Å². The van der Waals surface area contributed by atoms with Gasteiger partial charge in [0.2, 0.25) is 0 Å². The topological polar surface area (TPSA) is 68.0 Å². The zero-order valence-electron chi connectivity index (χ0n) is 15.6. The number of guanidine groups is 1. The number of furan rings is 1. The molecule has 0 aliphatic rings. The minimum Gasteiger partial charge on any atom is -0.493 e. The van der Waals surface area contributed by atoms with Gasteiger partial charge in [0.05, 0.1) is 14.2 Å². The number of rotatable bonds is 6. The Hall–Kier alpha value is -2.42. The lowest BCUT2D eigenvalue weighted by atomic mass is 10.2. The van der Waals surface area contributed by atoms with E-state index < -0.39 is 0 Å². The summed E-state index contributed by atoms with van der Waals surface area (Å²) < 4.78 is 16.4. The molecule has 144 valence electrons. The summed E-state index contributed by atoms with van der Waals surface area (Å²) >= 11 is 0. The molecule has 0 unspecified atom stereocenters. The number of fused-ring (bicyclic) bond motifs is 1. The van der Waals surface area contributed by atoms with Gasteiger partial charge in [0.1, 0.15) is 17.9 Å². The number of benzene rings is 2. The summed E-state index contributed by atoms with van der Waals surface area (Å²) in [6.45, 7) is 3.21. The van der Waals surface area contributed by atoms with Crippen LogP contribution in [0.15, 0.2) is 57.9 Å². The molecular formula is C20H24IN3O3. The van der Waals surface area contributed by atoms with Gasteiger partial charge in [-0.25, -0.2) is 4.99 Å². The second-order valence-corrected chi connectivity index (χ2v) is 5.64. The molecule has 3 aromatic rings. The average Bonchev–Trinajstić information content (AvgIpc) is 3.09. The van der Waals surface area contributed by atoms with Crippen LogP contribution in [0.3, 0.4) is 0 Å². The molecule has 0 bridgehead atoms. The van der Waals surface area contributed by atoms with Gasteiger partial charge in [0.15, 0.2) is 17.5 Å². The first-order valence-corrected chi connectivity index (χ1v) is 8.48. The molecule has 7 heteroatoms. The number of halogens is 1. The molecule has 0 aliphatic carbocycles. The zero-order valence-corrected chi connectivity index (χ0v) is 17.9. The van der Waals surface area contributed by atoms with Gasteiger partial charge in [-0.05, 0) is 31.2 Å². The van der Waals surface area contributed by atoms with E-state index in [1.165, 1.54) is 0 Å². The number of hydrogen-bond acceptors (Lipinski definition) is 4. The molecule has 0 radical (unpaired) electrons. The molecule has 0 fully saturated rings. The molecule has 0 aliphatic heterocycles. The zero-order chi connectivity index (χ0) is 18.4. The van der Waals surface area contributed by atoms with Gasteiger partial charge in [-0.3, -0.25) is 0 Å². The molecule has 27 heavy (non-hydrogen) atoms. The van der Waals surface area contributed by atoms with Crippen LogP contribution in [0.25, 0.3) is 11.0 Å². The lowest BCUT2D eigenvalue weighted by Crippen LogP contribution is -2.30. The lowest BCUT2D eigenvalue weighted by Gasteiger charge is -2.13. The van der Waals surface area contributed by atoms with Crippen molar-refractivity contribution >= 4 is 46.6 Å². The van der Waals surface area contributed by atoms with E-state index in [4.69, 9.17) is 13.9 Å². The van der Waals surface area contributed by atoms with Gasteiger partial charge in [-0.15, -0.1) is 24.0 Å². The first kappa shape index (κ1) is 20.9. The van der Waals surface area contributed by atoms with Gasteiger partial charge in [-0.2, -0.15) is 0 Å². The smallest absolute Gasteiger partial charge is 0.196 e. The van der Waals surface area contributed by atoms with Crippen molar-refractivity contribution in [1.29, 1.82) is 0 Å². The van der Waals surface area contributed by atoms with E-state index in [1.807, 2.05) is 55.5 Å². The highest BCUT2D eigenvalue weighted by atomic mass is 127. The first-order valence-electron chi connectivity index (χ1n) is 8.48. The standard InChI is InChI=1S/C20H23N3O3.HI/c1-4-21-20(23-15-9-10-18(24-2)19(12-15)25-3)22-13-16-11-14-7-5-6-8-17(14)26-16;/h5-12H,4,13H2,1-3H3,(H2,21,22,23);1H. The van der Waals surface area contributed by atoms with Crippen molar-refractivity contribution in [2.75, 3.05) is 26.1 Å². The number of aliphatic imine (C=N–C) groups is 1. The molecule has 1 heterocycles. The van der Waals surface area contributed by atoms with Gasteiger partial charge in [-0.1, -0.05) is 18.2 Å². The van der Waals surface area contributed by atoms with Gasteiger partial charge in [0, 0.05) is 23.7 Å². The average molecular weight is 481 g/mol. The Kier molecular flexibility index (Phi) is 7.78. The van der Waals surface area contributed by atoms with Crippen LogP contribution in [0.5, 0.6) is 11.5 Å². The highest BCUT2D eigenvalue weighted by Gasteiger charge is 2.07. The number of methoxy groups -OCH3 is 2. The van der Waals surface area contributed by atoms with E-state index in [9.17, 15) is 0 Å². The van der Waals surface area contributed by atoms with E-state index in [0.29, 0.717) is 24.0 Å². The van der Waals surface area contributed by atoms with Crippen molar-refractivity contribution in [3.63, 3.8) is 0 Å². The fourth-order valence-corrected chi connectivity index (χ4v) is 2.63.